The van der Waals surface area contributed by atoms with Crippen molar-refractivity contribution in [3.63, 3.8) is 0 Å². The minimum absolute atomic E-state index is 0.168. The number of rotatable bonds is 6. The molecule has 2 aromatic rings. The van der Waals surface area contributed by atoms with Crippen LogP contribution >= 0.6 is 0 Å². The van der Waals surface area contributed by atoms with Crippen molar-refractivity contribution in [2.45, 2.75) is 12.5 Å². The number of H-pyrrole nitrogens is 1. The summed E-state index contributed by atoms with van der Waals surface area (Å²) in [4.78, 5) is 25.8. The molecule has 0 bridgehead atoms. The van der Waals surface area contributed by atoms with Gasteiger partial charge in [0.25, 0.3) is 0 Å². The highest BCUT2D eigenvalue weighted by molar-refractivity contribution is 5.91. The second-order valence-corrected chi connectivity index (χ2v) is 4.53. The predicted molar refractivity (Wildman–Crippen MR) is 79.5 cm³/mol. The zero-order chi connectivity index (χ0) is 15.2. The second kappa shape index (κ2) is 6.87. The number of anilines is 1. The van der Waals surface area contributed by atoms with E-state index in [-0.39, 0.29) is 24.1 Å². The predicted octanol–water partition coefficient (Wildman–Crippen LogP) is 0.468. The van der Waals surface area contributed by atoms with Crippen LogP contribution in [0.15, 0.2) is 41.5 Å². The molecule has 7 nitrogen and oxygen atoms in total. The summed E-state index contributed by atoms with van der Waals surface area (Å²) in [5, 5.41) is 2.76. The molecule has 0 aliphatic rings. The highest BCUT2D eigenvalue weighted by atomic mass is 16.5. The zero-order valence-corrected chi connectivity index (χ0v) is 11.7. The van der Waals surface area contributed by atoms with Crippen molar-refractivity contribution in [3.05, 3.63) is 47.1 Å². The van der Waals surface area contributed by atoms with Gasteiger partial charge < -0.3 is 20.8 Å². The highest BCUT2D eigenvalue weighted by Gasteiger charge is 2.11. The quantitative estimate of drug-likeness (QED) is 0.719. The number of hydrogen-bond acceptors (Lipinski definition) is 4. The molecule has 1 unspecified atom stereocenters. The van der Waals surface area contributed by atoms with Gasteiger partial charge in [-0.3, -0.25) is 9.36 Å². The van der Waals surface area contributed by atoms with E-state index in [1.54, 1.807) is 36.7 Å². The Hall–Kier alpha value is -2.38. The van der Waals surface area contributed by atoms with Crippen molar-refractivity contribution in [2.75, 3.05) is 19.0 Å². The summed E-state index contributed by atoms with van der Waals surface area (Å²) in [6.07, 6.45) is 3.12. The van der Waals surface area contributed by atoms with Crippen LogP contribution < -0.4 is 16.7 Å². The van der Waals surface area contributed by atoms with Gasteiger partial charge >= 0.3 is 5.69 Å². The molecule has 0 spiro atoms. The number of carbonyl (C=O) groups is 1. The van der Waals surface area contributed by atoms with E-state index in [1.165, 1.54) is 11.7 Å². The van der Waals surface area contributed by atoms with Crippen LogP contribution in [0.3, 0.4) is 0 Å². The number of nitrogens with one attached hydrogen (secondary N) is 2. The summed E-state index contributed by atoms with van der Waals surface area (Å²) in [7, 11) is 1.52. The number of nitrogens with zero attached hydrogens (tertiary/aromatic N) is 1. The maximum atomic E-state index is 11.8. The molecule has 21 heavy (non-hydrogen) atoms. The van der Waals surface area contributed by atoms with E-state index < -0.39 is 0 Å². The monoisotopic (exact) mass is 290 g/mol. The zero-order valence-electron chi connectivity index (χ0n) is 11.7. The number of amides is 1. The van der Waals surface area contributed by atoms with Gasteiger partial charge in [-0.15, -0.1) is 0 Å². The maximum Gasteiger partial charge on any atom is 0.330 e. The van der Waals surface area contributed by atoms with Crippen LogP contribution in [0.1, 0.15) is 6.42 Å². The molecule has 1 heterocycles. The van der Waals surface area contributed by atoms with Gasteiger partial charge in [-0.05, 0) is 24.3 Å². The molecule has 7 heteroatoms. The Balaban J connectivity index is 2.01. The Bertz CT molecular complexity index is 641. The van der Waals surface area contributed by atoms with Crippen LogP contribution in [-0.2, 0) is 9.53 Å². The van der Waals surface area contributed by atoms with E-state index in [9.17, 15) is 9.59 Å². The Morgan fingerprint density at radius 2 is 2.14 bits per heavy atom. The van der Waals surface area contributed by atoms with E-state index in [2.05, 4.69) is 10.3 Å². The van der Waals surface area contributed by atoms with Gasteiger partial charge in [0, 0.05) is 31.7 Å². The Morgan fingerprint density at radius 3 is 2.67 bits per heavy atom. The molecule has 1 amide bonds. The van der Waals surface area contributed by atoms with Gasteiger partial charge in [0.2, 0.25) is 5.91 Å². The number of aromatic amines is 1. The van der Waals surface area contributed by atoms with Gasteiger partial charge in [-0.2, -0.15) is 0 Å². The molecule has 2 rings (SSSR count). The molecule has 1 aromatic carbocycles. The van der Waals surface area contributed by atoms with Gasteiger partial charge in [-0.1, -0.05) is 0 Å². The van der Waals surface area contributed by atoms with Crippen molar-refractivity contribution < 1.29 is 9.53 Å². The summed E-state index contributed by atoms with van der Waals surface area (Å²) in [5.41, 5.74) is 6.63. The lowest BCUT2D eigenvalue weighted by atomic mass is 10.2. The van der Waals surface area contributed by atoms with Crippen LogP contribution in [0.5, 0.6) is 0 Å². The minimum atomic E-state index is -0.289. The number of hydrogen-bond donors (Lipinski definition) is 3. The third kappa shape index (κ3) is 3.80. The largest absolute Gasteiger partial charge is 0.380 e. The average Bonchev–Trinajstić information content (AvgIpc) is 2.92. The summed E-state index contributed by atoms with van der Waals surface area (Å²) in [5.74, 6) is -0.168. The van der Waals surface area contributed by atoms with Crippen molar-refractivity contribution >= 4 is 11.6 Å². The molecule has 0 aliphatic carbocycles. The highest BCUT2D eigenvalue weighted by Crippen LogP contribution is 2.12. The van der Waals surface area contributed by atoms with Crippen LogP contribution in [0.2, 0.25) is 0 Å². The molecule has 0 fully saturated rings. The third-order valence-electron chi connectivity index (χ3n) is 3.09. The molecular weight excluding hydrogens is 272 g/mol. The first kappa shape index (κ1) is 15.0. The summed E-state index contributed by atoms with van der Waals surface area (Å²) < 4.78 is 6.53. The van der Waals surface area contributed by atoms with Crippen molar-refractivity contribution in [1.82, 2.24) is 9.55 Å². The molecule has 1 atom stereocenters. The molecule has 0 saturated carbocycles. The van der Waals surface area contributed by atoms with E-state index in [0.29, 0.717) is 12.2 Å². The van der Waals surface area contributed by atoms with E-state index in [0.717, 1.165) is 5.69 Å². The average molecular weight is 290 g/mol. The molecule has 1 aromatic heterocycles. The van der Waals surface area contributed by atoms with E-state index in [1.807, 2.05) is 0 Å². The summed E-state index contributed by atoms with van der Waals surface area (Å²) in [6.45, 7) is 0.291. The van der Waals surface area contributed by atoms with Crippen molar-refractivity contribution in [1.29, 1.82) is 0 Å². The normalized spacial score (nSPS) is 12.1. The topological polar surface area (TPSA) is 102 Å². The maximum absolute atomic E-state index is 11.8. The minimum Gasteiger partial charge on any atom is -0.380 e. The first-order valence-electron chi connectivity index (χ1n) is 6.53. The van der Waals surface area contributed by atoms with Gasteiger partial charge in [-0.25, -0.2) is 4.79 Å². The number of methoxy groups -OCH3 is 1. The fourth-order valence-electron chi connectivity index (χ4n) is 1.91. The fourth-order valence-corrected chi connectivity index (χ4v) is 1.91. The van der Waals surface area contributed by atoms with Crippen molar-refractivity contribution in [3.8, 4) is 5.69 Å². The standard InChI is InChI=1S/C14H18N4O3/c1-21-12(9-15)8-13(19)17-10-2-4-11(5-3-10)18-7-6-16-14(18)20/h2-7,12H,8-9,15H2,1H3,(H,16,20)(H,17,19). The Morgan fingerprint density at radius 1 is 1.43 bits per heavy atom. The molecule has 0 aliphatic heterocycles. The lowest BCUT2D eigenvalue weighted by Crippen LogP contribution is -2.28. The number of ether oxygens (including phenoxy) is 1. The third-order valence-corrected chi connectivity index (χ3v) is 3.09. The van der Waals surface area contributed by atoms with Gasteiger partial charge in [0.05, 0.1) is 18.2 Å². The number of aromatic nitrogens is 2. The molecule has 0 radical (unpaired) electrons. The fraction of sp³-hybridized carbons (Fsp3) is 0.286. The number of nitrogens with two attached hydrogens (primary N) is 1. The van der Waals surface area contributed by atoms with Gasteiger partial charge in [0.1, 0.15) is 0 Å². The lowest BCUT2D eigenvalue weighted by molar-refractivity contribution is -0.118. The van der Waals surface area contributed by atoms with Crippen LogP contribution in [0.25, 0.3) is 5.69 Å². The van der Waals surface area contributed by atoms with Crippen LogP contribution in [0, 0.1) is 0 Å². The number of benzene rings is 1. The van der Waals surface area contributed by atoms with Crippen LogP contribution in [0.4, 0.5) is 5.69 Å². The van der Waals surface area contributed by atoms with E-state index in [4.69, 9.17) is 10.5 Å². The molecular formula is C14H18N4O3. The first-order chi connectivity index (χ1) is 10.1. The molecule has 4 N–H and O–H groups in total. The molecule has 0 saturated heterocycles. The first-order valence-corrected chi connectivity index (χ1v) is 6.53. The van der Waals surface area contributed by atoms with Crippen molar-refractivity contribution in [2.24, 2.45) is 5.73 Å². The Labute approximate surface area is 121 Å². The smallest absolute Gasteiger partial charge is 0.330 e. The number of imidazole rings is 1. The number of carbonyl (C=O) groups excluding carboxylic acids is 1. The van der Waals surface area contributed by atoms with Crippen LogP contribution in [-0.4, -0.2) is 35.2 Å². The van der Waals surface area contributed by atoms with Gasteiger partial charge in [0.15, 0.2) is 0 Å². The molecule has 112 valence electrons. The van der Waals surface area contributed by atoms with E-state index >= 15 is 0 Å². The SMILES string of the molecule is COC(CN)CC(=O)Nc1ccc(-n2cc[nH]c2=O)cc1. The summed E-state index contributed by atoms with van der Waals surface area (Å²) >= 11 is 0. The summed E-state index contributed by atoms with van der Waals surface area (Å²) in [6, 6.07) is 6.97. The second-order valence-electron chi connectivity index (χ2n) is 4.53. The Kier molecular flexibility index (Phi) is 4.91. The lowest BCUT2D eigenvalue weighted by Gasteiger charge is -2.12.